The molecular formula is C21H21FN2O3. The second-order valence-corrected chi connectivity index (χ2v) is 6.09. The topological polar surface area (TPSA) is 71.3 Å². The maximum atomic E-state index is 13.7. The van der Waals surface area contributed by atoms with Gasteiger partial charge < -0.3 is 14.8 Å². The number of rotatable bonds is 7. The Morgan fingerprint density at radius 3 is 2.63 bits per heavy atom. The van der Waals surface area contributed by atoms with E-state index in [1.807, 2.05) is 19.9 Å². The van der Waals surface area contributed by atoms with Crippen LogP contribution in [0.1, 0.15) is 25.0 Å². The quantitative estimate of drug-likeness (QED) is 0.595. The van der Waals surface area contributed by atoms with Gasteiger partial charge in [0.05, 0.1) is 7.11 Å². The van der Waals surface area contributed by atoms with Crippen molar-refractivity contribution in [3.05, 3.63) is 65.0 Å². The average Bonchev–Trinajstić information content (AvgIpc) is 2.65. The third kappa shape index (κ3) is 5.58. The highest BCUT2D eigenvalue weighted by atomic mass is 19.1. The maximum Gasteiger partial charge on any atom is 0.262 e. The van der Waals surface area contributed by atoms with Crippen LogP contribution in [0.4, 0.5) is 4.39 Å². The van der Waals surface area contributed by atoms with Gasteiger partial charge in [0.2, 0.25) is 0 Å². The molecule has 0 spiro atoms. The number of nitrogens with one attached hydrogen (secondary N) is 1. The molecule has 1 amide bonds. The van der Waals surface area contributed by atoms with Crippen LogP contribution in [0.25, 0.3) is 6.08 Å². The third-order valence-electron chi connectivity index (χ3n) is 3.62. The Morgan fingerprint density at radius 1 is 1.26 bits per heavy atom. The van der Waals surface area contributed by atoms with Crippen LogP contribution in [0.5, 0.6) is 11.5 Å². The van der Waals surface area contributed by atoms with Crippen LogP contribution >= 0.6 is 0 Å². The molecule has 0 aromatic heterocycles. The van der Waals surface area contributed by atoms with E-state index in [1.165, 1.54) is 19.3 Å². The lowest BCUT2D eigenvalue weighted by molar-refractivity contribution is -0.117. The van der Waals surface area contributed by atoms with Gasteiger partial charge in [0.25, 0.3) is 5.91 Å². The molecule has 1 N–H and O–H groups in total. The molecule has 2 aromatic rings. The first kappa shape index (κ1) is 20.0. The van der Waals surface area contributed by atoms with Gasteiger partial charge in [-0.15, -0.1) is 0 Å². The van der Waals surface area contributed by atoms with E-state index in [0.29, 0.717) is 22.6 Å². The number of benzene rings is 2. The van der Waals surface area contributed by atoms with Crippen LogP contribution in [-0.4, -0.2) is 19.1 Å². The lowest BCUT2D eigenvalue weighted by Crippen LogP contribution is -2.30. The molecule has 0 radical (unpaired) electrons. The summed E-state index contributed by atoms with van der Waals surface area (Å²) in [6.07, 6.45) is 1.47. The summed E-state index contributed by atoms with van der Waals surface area (Å²) in [5.41, 5.74) is 1.03. The molecular weight excluding hydrogens is 347 g/mol. The Morgan fingerprint density at radius 2 is 2.00 bits per heavy atom. The summed E-state index contributed by atoms with van der Waals surface area (Å²) in [4.78, 5) is 12.0. The van der Waals surface area contributed by atoms with Crippen molar-refractivity contribution in [2.75, 3.05) is 7.11 Å². The molecule has 0 aliphatic carbocycles. The van der Waals surface area contributed by atoms with Gasteiger partial charge >= 0.3 is 0 Å². The Kier molecular flexibility index (Phi) is 6.95. The Bertz CT molecular complexity index is 885. The molecule has 0 fully saturated rings. The molecule has 0 aliphatic heterocycles. The zero-order chi connectivity index (χ0) is 19.8. The van der Waals surface area contributed by atoms with Crippen LogP contribution in [0, 0.1) is 17.1 Å². The largest absolute Gasteiger partial charge is 0.493 e. The van der Waals surface area contributed by atoms with E-state index in [1.54, 1.807) is 36.4 Å². The fourth-order valence-electron chi connectivity index (χ4n) is 2.32. The summed E-state index contributed by atoms with van der Waals surface area (Å²) < 4.78 is 24.7. The molecule has 0 saturated carbocycles. The van der Waals surface area contributed by atoms with Crippen LogP contribution in [0.3, 0.4) is 0 Å². The zero-order valence-electron chi connectivity index (χ0n) is 15.5. The molecule has 6 heteroatoms. The molecule has 0 saturated heterocycles. The van der Waals surface area contributed by atoms with Gasteiger partial charge in [-0.1, -0.05) is 24.3 Å². The van der Waals surface area contributed by atoms with Crippen molar-refractivity contribution in [1.29, 1.82) is 5.26 Å². The Balaban J connectivity index is 2.20. The second-order valence-electron chi connectivity index (χ2n) is 6.09. The summed E-state index contributed by atoms with van der Waals surface area (Å²) in [6.45, 7) is 3.69. The van der Waals surface area contributed by atoms with Gasteiger partial charge in [0.1, 0.15) is 24.1 Å². The van der Waals surface area contributed by atoms with E-state index in [4.69, 9.17) is 9.47 Å². The minimum absolute atomic E-state index is 0.00854. The predicted octanol–water partition coefficient (Wildman–Crippen LogP) is 3.84. The summed E-state index contributed by atoms with van der Waals surface area (Å²) in [7, 11) is 1.48. The van der Waals surface area contributed by atoms with Gasteiger partial charge in [-0.05, 0) is 43.7 Å². The van der Waals surface area contributed by atoms with Crippen molar-refractivity contribution in [3.8, 4) is 17.6 Å². The molecule has 0 heterocycles. The summed E-state index contributed by atoms with van der Waals surface area (Å²) in [6, 6.07) is 13.2. The SMILES string of the molecule is COc1cc(/C=C(/C#N)C(=O)NC(C)C)ccc1OCc1ccccc1F. The first-order chi connectivity index (χ1) is 12.9. The highest BCUT2D eigenvalue weighted by Gasteiger charge is 2.12. The first-order valence-electron chi connectivity index (χ1n) is 8.41. The lowest BCUT2D eigenvalue weighted by Gasteiger charge is -2.12. The second kappa shape index (κ2) is 9.39. The summed E-state index contributed by atoms with van der Waals surface area (Å²) in [5, 5.41) is 11.9. The Labute approximate surface area is 158 Å². The average molecular weight is 368 g/mol. The van der Waals surface area contributed by atoms with E-state index >= 15 is 0 Å². The minimum Gasteiger partial charge on any atom is -0.493 e. The third-order valence-corrected chi connectivity index (χ3v) is 3.62. The molecule has 2 rings (SSSR count). The fourth-order valence-corrected chi connectivity index (χ4v) is 2.32. The standard InChI is InChI=1S/C21H21FN2O3/c1-14(2)24-21(25)17(12-23)10-15-8-9-19(20(11-15)26-3)27-13-16-6-4-5-7-18(16)22/h4-11,14H,13H2,1-3H3,(H,24,25)/b17-10-. The van der Waals surface area contributed by atoms with Gasteiger partial charge in [-0.2, -0.15) is 5.26 Å². The molecule has 27 heavy (non-hydrogen) atoms. The van der Waals surface area contributed by atoms with E-state index in [2.05, 4.69) is 5.32 Å². The van der Waals surface area contributed by atoms with Crippen LogP contribution < -0.4 is 14.8 Å². The van der Waals surface area contributed by atoms with Crippen LogP contribution in [0.2, 0.25) is 0 Å². The molecule has 0 aliphatic rings. The first-order valence-corrected chi connectivity index (χ1v) is 8.41. The molecule has 0 bridgehead atoms. The molecule has 2 aromatic carbocycles. The van der Waals surface area contributed by atoms with Crippen molar-refractivity contribution in [1.82, 2.24) is 5.32 Å². The van der Waals surface area contributed by atoms with Crippen molar-refractivity contribution >= 4 is 12.0 Å². The molecule has 140 valence electrons. The number of amides is 1. The smallest absolute Gasteiger partial charge is 0.262 e. The number of carbonyl (C=O) groups excluding carboxylic acids is 1. The Hall–Kier alpha value is -3.33. The van der Waals surface area contributed by atoms with Crippen molar-refractivity contribution in [3.63, 3.8) is 0 Å². The number of hydrogen-bond donors (Lipinski definition) is 1. The number of carbonyl (C=O) groups is 1. The van der Waals surface area contributed by atoms with Gasteiger partial charge in [-0.25, -0.2) is 4.39 Å². The van der Waals surface area contributed by atoms with Crippen molar-refractivity contribution in [2.24, 2.45) is 0 Å². The summed E-state index contributed by atoms with van der Waals surface area (Å²) >= 11 is 0. The normalized spacial score (nSPS) is 11.0. The maximum absolute atomic E-state index is 13.7. The molecule has 5 nitrogen and oxygen atoms in total. The number of hydrogen-bond acceptors (Lipinski definition) is 4. The minimum atomic E-state index is -0.439. The van der Waals surface area contributed by atoms with E-state index < -0.39 is 5.91 Å². The number of halogens is 1. The highest BCUT2D eigenvalue weighted by Crippen LogP contribution is 2.30. The number of nitriles is 1. The van der Waals surface area contributed by atoms with E-state index in [9.17, 15) is 14.4 Å². The van der Waals surface area contributed by atoms with Crippen LogP contribution in [-0.2, 0) is 11.4 Å². The van der Waals surface area contributed by atoms with Crippen LogP contribution in [0.15, 0.2) is 48.0 Å². The van der Waals surface area contributed by atoms with E-state index in [-0.39, 0.29) is 24.0 Å². The predicted molar refractivity (Wildman–Crippen MR) is 101 cm³/mol. The van der Waals surface area contributed by atoms with Crippen molar-refractivity contribution < 1.29 is 18.7 Å². The number of ether oxygens (including phenoxy) is 2. The number of methoxy groups -OCH3 is 1. The lowest BCUT2D eigenvalue weighted by atomic mass is 10.1. The van der Waals surface area contributed by atoms with Gasteiger partial charge in [0, 0.05) is 11.6 Å². The monoisotopic (exact) mass is 368 g/mol. The highest BCUT2D eigenvalue weighted by molar-refractivity contribution is 6.01. The fraction of sp³-hybridized carbons (Fsp3) is 0.238. The van der Waals surface area contributed by atoms with Crippen molar-refractivity contribution in [2.45, 2.75) is 26.5 Å². The van der Waals surface area contributed by atoms with E-state index in [0.717, 1.165) is 0 Å². The van der Waals surface area contributed by atoms with Gasteiger partial charge in [-0.3, -0.25) is 4.79 Å². The summed E-state index contributed by atoms with van der Waals surface area (Å²) in [5.74, 6) is 0.0712. The van der Waals surface area contributed by atoms with Gasteiger partial charge in [0.15, 0.2) is 11.5 Å². The number of nitrogens with zero attached hydrogens (tertiary/aromatic N) is 1. The zero-order valence-corrected chi connectivity index (χ0v) is 15.5. The molecule has 0 unspecified atom stereocenters. The molecule has 0 atom stereocenters.